The first-order valence-electron chi connectivity index (χ1n) is 8.60. The van der Waals surface area contributed by atoms with Crippen LogP contribution in [0.2, 0.25) is 0 Å². The van der Waals surface area contributed by atoms with E-state index in [0.717, 1.165) is 11.1 Å². The molecule has 0 aliphatic carbocycles. The quantitative estimate of drug-likeness (QED) is 0.778. The molecule has 5 heteroatoms. The van der Waals surface area contributed by atoms with Gasteiger partial charge in [-0.2, -0.15) is 0 Å². The second-order valence-corrected chi connectivity index (χ2v) is 6.23. The first-order chi connectivity index (χ1) is 12.7. The highest BCUT2D eigenvalue weighted by Crippen LogP contribution is 2.18. The molecule has 0 saturated carbocycles. The number of aliphatic hydroxyl groups is 1. The monoisotopic (exact) mass is 353 g/mol. The van der Waals surface area contributed by atoms with Crippen LogP contribution in [-0.4, -0.2) is 41.4 Å². The molecule has 0 fully saturated rings. The zero-order valence-electron chi connectivity index (χ0n) is 14.6. The summed E-state index contributed by atoms with van der Waals surface area (Å²) < 4.78 is 11.3. The molecule has 0 saturated heterocycles. The number of rotatable bonds is 7. The summed E-state index contributed by atoms with van der Waals surface area (Å²) in [5.74, 6) is -0.150. The van der Waals surface area contributed by atoms with Crippen LogP contribution in [0.3, 0.4) is 0 Å². The maximum atomic E-state index is 12.7. The molecule has 0 spiro atoms. The van der Waals surface area contributed by atoms with Crippen molar-refractivity contribution >= 4 is 5.91 Å². The highest BCUT2D eigenvalue weighted by molar-refractivity contribution is 5.95. The number of hydrogen-bond acceptors (Lipinski definition) is 4. The Balaban J connectivity index is 1.63. The fourth-order valence-corrected chi connectivity index (χ4v) is 2.92. The Morgan fingerprint density at radius 2 is 1.92 bits per heavy atom. The Hall–Kier alpha value is -2.47. The van der Waals surface area contributed by atoms with Crippen molar-refractivity contribution in [3.05, 3.63) is 83.9 Å². The van der Waals surface area contributed by atoms with E-state index in [1.165, 1.54) is 4.90 Å². The van der Waals surface area contributed by atoms with Crippen molar-refractivity contribution < 1.29 is 19.4 Å². The molecule has 3 rings (SSSR count). The summed E-state index contributed by atoms with van der Waals surface area (Å²) in [6, 6.07) is 17.1. The summed E-state index contributed by atoms with van der Waals surface area (Å²) in [7, 11) is 0. The van der Waals surface area contributed by atoms with Crippen molar-refractivity contribution in [1.29, 1.82) is 0 Å². The molecule has 26 heavy (non-hydrogen) atoms. The molecule has 136 valence electrons. The van der Waals surface area contributed by atoms with Crippen LogP contribution >= 0.6 is 0 Å². The molecule has 0 aromatic heterocycles. The van der Waals surface area contributed by atoms with E-state index in [9.17, 15) is 9.90 Å². The number of benzene rings is 2. The molecule has 2 unspecified atom stereocenters. The molecule has 2 aromatic rings. The lowest BCUT2D eigenvalue weighted by molar-refractivity contribution is -0.0452. The number of ether oxygens (including phenoxy) is 2. The molecule has 0 radical (unpaired) electrons. The minimum Gasteiger partial charge on any atom is -0.388 e. The van der Waals surface area contributed by atoms with Crippen LogP contribution in [0.5, 0.6) is 0 Å². The number of β-amino-alcohol motifs (C(OH)–C–C–N with tert-alkyl or cyclic N) is 1. The summed E-state index contributed by atoms with van der Waals surface area (Å²) >= 11 is 0. The average molecular weight is 353 g/mol. The second kappa shape index (κ2) is 8.76. The van der Waals surface area contributed by atoms with Gasteiger partial charge in [0.15, 0.2) is 0 Å². The van der Waals surface area contributed by atoms with Gasteiger partial charge in [-0.3, -0.25) is 4.79 Å². The molecule has 5 nitrogen and oxygen atoms in total. The van der Waals surface area contributed by atoms with Crippen LogP contribution < -0.4 is 0 Å². The number of aliphatic hydroxyl groups excluding tert-OH is 1. The van der Waals surface area contributed by atoms with Gasteiger partial charge in [-0.15, -0.1) is 6.58 Å². The van der Waals surface area contributed by atoms with Gasteiger partial charge in [0.2, 0.25) is 0 Å². The van der Waals surface area contributed by atoms with E-state index in [2.05, 4.69) is 6.58 Å². The fraction of sp³-hybridized carbons (Fsp3) is 0.286. The summed E-state index contributed by atoms with van der Waals surface area (Å²) in [6.07, 6.45) is 0.0839. The van der Waals surface area contributed by atoms with Gasteiger partial charge in [0.1, 0.15) is 18.9 Å². The first-order valence-corrected chi connectivity index (χ1v) is 8.60. The van der Waals surface area contributed by atoms with E-state index in [4.69, 9.17) is 9.47 Å². The van der Waals surface area contributed by atoms with Gasteiger partial charge in [0.25, 0.3) is 5.91 Å². The van der Waals surface area contributed by atoms with E-state index < -0.39 is 12.2 Å². The number of amides is 1. The van der Waals surface area contributed by atoms with Crippen LogP contribution in [0.4, 0.5) is 0 Å². The van der Waals surface area contributed by atoms with Gasteiger partial charge >= 0.3 is 0 Å². The summed E-state index contributed by atoms with van der Waals surface area (Å²) in [4.78, 5) is 14.2. The SMILES string of the molecule is C=CC(OCc1ccccc1)C(O)CN1COCc2ccccc2C1=O. The van der Waals surface area contributed by atoms with Crippen LogP contribution in [0.15, 0.2) is 67.3 Å². The zero-order valence-corrected chi connectivity index (χ0v) is 14.6. The smallest absolute Gasteiger partial charge is 0.256 e. The number of carbonyl (C=O) groups excluding carboxylic acids is 1. The molecule has 1 aliphatic rings. The maximum absolute atomic E-state index is 12.7. The van der Waals surface area contributed by atoms with Crippen molar-refractivity contribution in [2.75, 3.05) is 13.3 Å². The molecule has 2 aromatic carbocycles. The number of carbonyl (C=O) groups is 1. The normalized spacial score (nSPS) is 16.5. The lowest BCUT2D eigenvalue weighted by Crippen LogP contribution is -2.43. The zero-order chi connectivity index (χ0) is 18.4. The topological polar surface area (TPSA) is 59.0 Å². The van der Waals surface area contributed by atoms with Crippen LogP contribution in [0, 0.1) is 0 Å². The highest BCUT2D eigenvalue weighted by atomic mass is 16.5. The number of fused-ring (bicyclic) bond motifs is 1. The largest absolute Gasteiger partial charge is 0.388 e. The number of nitrogens with zero attached hydrogens (tertiary/aromatic N) is 1. The van der Waals surface area contributed by atoms with Crippen molar-refractivity contribution in [1.82, 2.24) is 4.90 Å². The van der Waals surface area contributed by atoms with Gasteiger partial charge in [-0.1, -0.05) is 54.6 Å². The minimum atomic E-state index is -0.894. The van der Waals surface area contributed by atoms with Gasteiger partial charge in [0.05, 0.1) is 19.8 Å². The lowest BCUT2D eigenvalue weighted by Gasteiger charge is -2.27. The van der Waals surface area contributed by atoms with E-state index in [-0.39, 0.29) is 19.2 Å². The molecular formula is C21H23NO4. The minimum absolute atomic E-state index is 0.110. The molecular weight excluding hydrogens is 330 g/mol. The highest BCUT2D eigenvalue weighted by Gasteiger charge is 2.27. The molecule has 1 heterocycles. The molecule has 1 amide bonds. The standard InChI is InChI=1S/C21H23NO4/c1-2-20(26-13-16-8-4-3-5-9-16)19(23)12-22-15-25-14-17-10-6-7-11-18(17)21(22)24/h2-11,19-20,23H,1,12-15H2. The van der Waals surface area contributed by atoms with E-state index in [0.29, 0.717) is 18.8 Å². The molecule has 1 aliphatic heterocycles. The Kier molecular flexibility index (Phi) is 6.17. The Morgan fingerprint density at radius 3 is 2.69 bits per heavy atom. The average Bonchev–Trinajstić information content (AvgIpc) is 2.83. The molecule has 2 atom stereocenters. The molecule has 0 bridgehead atoms. The van der Waals surface area contributed by atoms with Crippen LogP contribution in [-0.2, 0) is 22.7 Å². The van der Waals surface area contributed by atoms with Crippen molar-refractivity contribution in [2.24, 2.45) is 0 Å². The maximum Gasteiger partial charge on any atom is 0.256 e. The van der Waals surface area contributed by atoms with Gasteiger partial charge < -0.3 is 19.5 Å². The predicted octanol–water partition coefficient (Wildman–Crippen LogP) is 2.75. The Labute approximate surface area is 153 Å². The van der Waals surface area contributed by atoms with Crippen LogP contribution in [0.25, 0.3) is 0 Å². The third kappa shape index (κ3) is 4.38. The fourth-order valence-electron chi connectivity index (χ4n) is 2.92. The molecule has 1 N–H and O–H groups in total. The van der Waals surface area contributed by atoms with Crippen molar-refractivity contribution in [3.8, 4) is 0 Å². The lowest BCUT2D eigenvalue weighted by atomic mass is 10.1. The van der Waals surface area contributed by atoms with Crippen LogP contribution in [0.1, 0.15) is 21.5 Å². The third-order valence-corrected chi connectivity index (χ3v) is 4.34. The van der Waals surface area contributed by atoms with Gasteiger partial charge in [-0.25, -0.2) is 0 Å². The predicted molar refractivity (Wildman–Crippen MR) is 98.4 cm³/mol. The van der Waals surface area contributed by atoms with E-state index in [1.807, 2.05) is 48.5 Å². The van der Waals surface area contributed by atoms with Gasteiger partial charge in [0, 0.05) is 5.56 Å². The third-order valence-electron chi connectivity index (χ3n) is 4.34. The second-order valence-electron chi connectivity index (χ2n) is 6.23. The number of hydrogen-bond donors (Lipinski definition) is 1. The Bertz CT molecular complexity index is 747. The summed E-state index contributed by atoms with van der Waals surface area (Å²) in [6.45, 7) is 4.72. The van der Waals surface area contributed by atoms with E-state index in [1.54, 1.807) is 12.1 Å². The summed E-state index contributed by atoms with van der Waals surface area (Å²) in [5.41, 5.74) is 2.47. The van der Waals surface area contributed by atoms with Crippen molar-refractivity contribution in [3.63, 3.8) is 0 Å². The summed E-state index contributed by atoms with van der Waals surface area (Å²) in [5, 5.41) is 10.6. The van der Waals surface area contributed by atoms with Crippen molar-refractivity contribution in [2.45, 2.75) is 25.4 Å². The first kappa shape index (κ1) is 18.3. The Morgan fingerprint density at radius 1 is 1.19 bits per heavy atom. The van der Waals surface area contributed by atoms with E-state index >= 15 is 0 Å². The van der Waals surface area contributed by atoms with Gasteiger partial charge in [-0.05, 0) is 17.2 Å².